The molecule has 1 saturated heterocycles. The molecule has 0 spiro atoms. The predicted molar refractivity (Wildman–Crippen MR) is 79.2 cm³/mol. The number of nitrogens with zero attached hydrogens (tertiary/aromatic N) is 2. The van der Waals surface area contributed by atoms with E-state index < -0.39 is 6.19 Å². The summed E-state index contributed by atoms with van der Waals surface area (Å²) in [4.78, 5) is 1.89. The van der Waals surface area contributed by atoms with Crippen molar-refractivity contribution in [2.24, 2.45) is 0 Å². The van der Waals surface area contributed by atoms with Gasteiger partial charge in [0.2, 0.25) is 0 Å². The van der Waals surface area contributed by atoms with Crippen LogP contribution in [0.1, 0.15) is 0 Å². The van der Waals surface area contributed by atoms with Crippen LogP contribution < -0.4 is 0 Å². The minimum absolute atomic E-state index is 0.636. The first-order chi connectivity index (χ1) is 6.96. The van der Waals surface area contributed by atoms with Gasteiger partial charge in [0, 0.05) is 13.1 Å². The summed E-state index contributed by atoms with van der Waals surface area (Å²) in [6.07, 6.45) is 1.75. The Labute approximate surface area is 107 Å². The highest BCUT2D eigenvalue weighted by atomic mass is 32.4. The van der Waals surface area contributed by atoms with E-state index in [1.807, 2.05) is 16.2 Å². The highest BCUT2D eigenvalue weighted by Gasteiger charge is 2.40. The quantitative estimate of drug-likeness (QED) is 0.441. The van der Waals surface area contributed by atoms with Crippen molar-refractivity contribution in [1.82, 2.24) is 9.57 Å². The molecule has 0 N–H and O–H groups in total. The molecule has 0 aliphatic carbocycles. The van der Waals surface area contributed by atoms with Crippen LogP contribution in [0.4, 0.5) is 0 Å². The topological polar surface area (TPSA) is 6.48 Å². The Balaban J connectivity index is 3.07. The standard InChI is InChI=1S/C9H13N2PS3/c1-4-6-10-8(13)11(7-5-2)12(3,15)9(10)14/h4-5H,1-2,6-7H2,3H3. The second-order valence-corrected chi connectivity index (χ2v) is 9.07. The molecule has 1 aliphatic heterocycles. The molecule has 0 aromatic rings. The van der Waals surface area contributed by atoms with Crippen molar-refractivity contribution < 1.29 is 0 Å². The Morgan fingerprint density at radius 2 is 1.80 bits per heavy atom. The molecule has 1 atom stereocenters. The average Bonchev–Trinajstić information content (AvgIpc) is 2.33. The molecule has 1 heterocycles. The van der Waals surface area contributed by atoms with Gasteiger partial charge in [0.25, 0.3) is 0 Å². The van der Waals surface area contributed by atoms with Gasteiger partial charge in [0.1, 0.15) is 4.73 Å². The van der Waals surface area contributed by atoms with Crippen LogP contribution in [0.2, 0.25) is 0 Å². The van der Waals surface area contributed by atoms with Gasteiger partial charge in [-0.15, -0.1) is 13.2 Å². The fourth-order valence-corrected chi connectivity index (χ4v) is 5.24. The third kappa shape index (κ3) is 2.21. The van der Waals surface area contributed by atoms with Crippen molar-refractivity contribution in [3.05, 3.63) is 25.3 Å². The zero-order valence-electron chi connectivity index (χ0n) is 8.55. The highest BCUT2D eigenvalue weighted by molar-refractivity contribution is 8.27. The van der Waals surface area contributed by atoms with E-state index in [4.69, 9.17) is 36.2 Å². The van der Waals surface area contributed by atoms with Crippen LogP contribution in [-0.4, -0.2) is 39.2 Å². The van der Waals surface area contributed by atoms with E-state index in [-0.39, 0.29) is 0 Å². The molecule has 0 amide bonds. The zero-order valence-corrected chi connectivity index (χ0v) is 11.9. The van der Waals surface area contributed by atoms with E-state index in [1.54, 1.807) is 12.2 Å². The van der Waals surface area contributed by atoms with E-state index in [0.29, 0.717) is 18.2 Å². The largest absolute Gasteiger partial charge is 0.311 e. The Morgan fingerprint density at radius 3 is 2.27 bits per heavy atom. The zero-order chi connectivity index (χ0) is 11.6. The maximum absolute atomic E-state index is 5.57. The lowest BCUT2D eigenvalue weighted by atomic mass is 10.5. The van der Waals surface area contributed by atoms with Gasteiger partial charge < -0.3 is 9.57 Å². The van der Waals surface area contributed by atoms with Crippen LogP contribution in [-0.2, 0) is 11.8 Å². The van der Waals surface area contributed by atoms with Gasteiger partial charge in [0.15, 0.2) is 5.11 Å². The maximum atomic E-state index is 5.57. The minimum atomic E-state index is -1.84. The predicted octanol–water partition coefficient (Wildman–Crippen LogP) is 2.57. The third-order valence-corrected chi connectivity index (χ3v) is 7.66. The van der Waals surface area contributed by atoms with E-state index in [9.17, 15) is 0 Å². The minimum Gasteiger partial charge on any atom is -0.311 e. The summed E-state index contributed by atoms with van der Waals surface area (Å²) in [5, 5.41) is 0.714. The van der Waals surface area contributed by atoms with Crippen molar-refractivity contribution in [3.63, 3.8) is 0 Å². The Bertz CT molecular complexity index is 378. The van der Waals surface area contributed by atoms with Gasteiger partial charge in [-0.3, -0.25) is 0 Å². The summed E-state index contributed by atoms with van der Waals surface area (Å²) < 4.78 is 2.79. The summed E-state index contributed by atoms with van der Waals surface area (Å²) in [7, 11) is 0. The molecule has 15 heavy (non-hydrogen) atoms. The third-order valence-electron chi connectivity index (χ3n) is 2.11. The van der Waals surface area contributed by atoms with Gasteiger partial charge in [-0.2, -0.15) is 0 Å². The van der Waals surface area contributed by atoms with Crippen molar-refractivity contribution in [3.8, 4) is 0 Å². The van der Waals surface area contributed by atoms with Crippen LogP contribution >= 0.6 is 30.6 Å². The second-order valence-electron chi connectivity index (χ2n) is 3.21. The van der Waals surface area contributed by atoms with E-state index in [2.05, 4.69) is 13.2 Å². The molecule has 1 unspecified atom stereocenters. The second kappa shape index (κ2) is 4.83. The summed E-state index contributed by atoms with van der Waals surface area (Å²) >= 11 is 16.3. The molecule has 82 valence electrons. The van der Waals surface area contributed by atoms with Gasteiger partial charge in [-0.05, 0) is 18.9 Å². The molecule has 1 fully saturated rings. The number of thiocarbonyl (C=S) groups is 2. The fraction of sp³-hybridized carbons (Fsp3) is 0.333. The molecular weight excluding hydrogens is 263 g/mol. The number of hydrogen-bond donors (Lipinski definition) is 0. The smallest absolute Gasteiger partial charge is 0.181 e. The summed E-state index contributed by atoms with van der Waals surface area (Å²) in [5.41, 5.74) is 0. The Morgan fingerprint density at radius 1 is 1.27 bits per heavy atom. The molecular formula is C9H13N2PS3. The molecule has 0 saturated carbocycles. The molecule has 1 rings (SSSR count). The fourth-order valence-electron chi connectivity index (χ4n) is 1.35. The summed E-state index contributed by atoms with van der Waals surface area (Å²) in [6, 6.07) is 0. The molecule has 0 radical (unpaired) electrons. The van der Waals surface area contributed by atoms with Crippen LogP contribution in [0.3, 0.4) is 0 Å². The first-order valence-electron chi connectivity index (χ1n) is 4.40. The van der Waals surface area contributed by atoms with E-state index >= 15 is 0 Å². The van der Waals surface area contributed by atoms with Crippen LogP contribution in [0.25, 0.3) is 0 Å². The normalized spacial score (nSPS) is 25.9. The van der Waals surface area contributed by atoms with Crippen LogP contribution in [0.5, 0.6) is 0 Å². The van der Waals surface area contributed by atoms with E-state index in [1.165, 1.54) is 0 Å². The molecule has 2 nitrogen and oxygen atoms in total. The summed E-state index contributed by atoms with van der Waals surface area (Å²) in [5.74, 6) is 0. The Hall–Kier alpha value is -0.0900. The summed E-state index contributed by atoms with van der Waals surface area (Å²) in [6.45, 7) is 10.7. The molecule has 0 aromatic heterocycles. The monoisotopic (exact) mass is 276 g/mol. The van der Waals surface area contributed by atoms with Crippen molar-refractivity contribution in [2.75, 3.05) is 19.8 Å². The molecule has 6 heteroatoms. The number of rotatable bonds is 4. The molecule has 0 aromatic carbocycles. The van der Waals surface area contributed by atoms with Crippen molar-refractivity contribution in [1.29, 1.82) is 0 Å². The van der Waals surface area contributed by atoms with Gasteiger partial charge >= 0.3 is 0 Å². The molecule has 1 aliphatic rings. The van der Waals surface area contributed by atoms with E-state index in [0.717, 1.165) is 4.73 Å². The highest BCUT2D eigenvalue weighted by Crippen LogP contribution is 2.54. The average molecular weight is 276 g/mol. The SMILES string of the molecule is C=CCN1C(=S)N(CC=C)P(C)(=S)C1=S. The number of hydrogen-bond acceptors (Lipinski definition) is 3. The lowest BCUT2D eigenvalue weighted by molar-refractivity contribution is 0.632. The maximum Gasteiger partial charge on any atom is 0.181 e. The molecule has 0 bridgehead atoms. The first kappa shape index (κ1) is 13.0. The Kier molecular flexibility index (Phi) is 4.18. The van der Waals surface area contributed by atoms with Crippen LogP contribution in [0.15, 0.2) is 25.3 Å². The van der Waals surface area contributed by atoms with Crippen LogP contribution in [0, 0.1) is 0 Å². The first-order valence-corrected chi connectivity index (χ1v) is 8.42. The lowest BCUT2D eigenvalue weighted by Crippen LogP contribution is -2.32. The van der Waals surface area contributed by atoms with Crippen molar-refractivity contribution in [2.45, 2.75) is 0 Å². The van der Waals surface area contributed by atoms with Crippen molar-refractivity contribution >= 4 is 52.3 Å². The lowest BCUT2D eigenvalue weighted by Gasteiger charge is -2.22. The van der Waals surface area contributed by atoms with Gasteiger partial charge in [-0.25, -0.2) is 0 Å². The van der Waals surface area contributed by atoms with Gasteiger partial charge in [0.05, 0.1) is 6.19 Å². The van der Waals surface area contributed by atoms with Gasteiger partial charge in [-0.1, -0.05) is 36.2 Å².